The Bertz CT molecular complexity index is 1310. The summed E-state index contributed by atoms with van der Waals surface area (Å²) in [6.07, 6.45) is -1.17. The minimum Gasteiger partial charge on any atom is -0.491 e. The van der Waals surface area contributed by atoms with E-state index in [1.54, 1.807) is 25.7 Å². The van der Waals surface area contributed by atoms with Crippen LogP contribution in [0.15, 0.2) is 48.5 Å². The molecule has 12 heteroatoms. The van der Waals surface area contributed by atoms with Gasteiger partial charge in [0.15, 0.2) is 11.6 Å². The van der Waals surface area contributed by atoms with Crippen molar-refractivity contribution >= 4 is 23.5 Å². The monoisotopic (exact) mass is 571 g/mol. The highest BCUT2D eigenvalue weighted by Gasteiger charge is 2.31. The summed E-state index contributed by atoms with van der Waals surface area (Å²) in [6.45, 7) is 7.27. The molecule has 2 heterocycles. The molecule has 41 heavy (non-hydrogen) atoms. The molecule has 1 aliphatic heterocycles. The molecular formula is C29H35F2N5O5. The normalized spacial score (nSPS) is 13.7. The summed E-state index contributed by atoms with van der Waals surface area (Å²) in [5.74, 6) is -0.696. The topological polar surface area (TPSA) is 100 Å². The highest BCUT2D eigenvalue weighted by Crippen LogP contribution is 2.31. The van der Waals surface area contributed by atoms with E-state index >= 15 is 0 Å². The van der Waals surface area contributed by atoms with Crippen LogP contribution >= 0.6 is 0 Å². The van der Waals surface area contributed by atoms with Crippen molar-refractivity contribution in [1.82, 2.24) is 9.97 Å². The number of amides is 1. The van der Waals surface area contributed by atoms with Gasteiger partial charge < -0.3 is 29.1 Å². The van der Waals surface area contributed by atoms with E-state index in [1.807, 2.05) is 35.2 Å². The van der Waals surface area contributed by atoms with Crippen LogP contribution in [0.2, 0.25) is 0 Å². The molecule has 1 N–H and O–H groups in total. The summed E-state index contributed by atoms with van der Waals surface area (Å²) in [6, 6.07) is 13.4. The zero-order valence-corrected chi connectivity index (χ0v) is 23.6. The molecule has 0 bridgehead atoms. The van der Waals surface area contributed by atoms with Crippen LogP contribution in [0.4, 0.5) is 31.0 Å². The molecule has 1 fully saturated rings. The lowest BCUT2D eigenvalue weighted by Gasteiger charge is -2.37. The quantitative estimate of drug-likeness (QED) is 0.338. The Labute approximate surface area is 238 Å². The first-order valence-corrected chi connectivity index (χ1v) is 13.3. The number of hydrogen-bond donors (Lipinski definition) is 1. The second kappa shape index (κ2) is 13.0. The van der Waals surface area contributed by atoms with Crippen molar-refractivity contribution in [1.29, 1.82) is 0 Å². The minimum atomic E-state index is -1.17. The molecule has 4 rings (SSSR count). The molecule has 0 spiro atoms. The molecule has 0 radical (unpaired) electrons. The summed E-state index contributed by atoms with van der Waals surface area (Å²) in [5.41, 5.74) is 0.00410. The number of benzene rings is 2. The predicted molar refractivity (Wildman–Crippen MR) is 151 cm³/mol. The van der Waals surface area contributed by atoms with Crippen LogP contribution < -0.4 is 24.2 Å². The van der Waals surface area contributed by atoms with Gasteiger partial charge in [0.25, 0.3) is 0 Å². The fourth-order valence-corrected chi connectivity index (χ4v) is 4.49. The van der Waals surface area contributed by atoms with Crippen molar-refractivity contribution in [2.24, 2.45) is 0 Å². The second-order valence-corrected chi connectivity index (χ2v) is 10.5. The van der Waals surface area contributed by atoms with E-state index < -0.39 is 23.3 Å². The van der Waals surface area contributed by atoms with Crippen LogP contribution in [0.25, 0.3) is 0 Å². The third kappa shape index (κ3) is 7.51. The number of aromatic nitrogens is 2. The Hall–Kier alpha value is -4.19. The lowest BCUT2D eigenvalue weighted by Crippen LogP contribution is -2.48. The zero-order chi connectivity index (χ0) is 29.6. The summed E-state index contributed by atoms with van der Waals surface area (Å²) in [4.78, 5) is 25.9. The lowest BCUT2D eigenvalue weighted by atomic mass is 10.1. The zero-order valence-electron chi connectivity index (χ0n) is 23.6. The van der Waals surface area contributed by atoms with Crippen LogP contribution in [-0.4, -0.2) is 73.2 Å². The van der Waals surface area contributed by atoms with Crippen LogP contribution in [0, 0.1) is 11.6 Å². The van der Waals surface area contributed by atoms with Crippen molar-refractivity contribution in [2.75, 3.05) is 61.2 Å². The molecule has 1 amide bonds. The maximum atomic E-state index is 14.9. The molecule has 220 valence electrons. The van der Waals surface area contributed by atoms with Crippen LogP contribution in [0.1, 0.15) is 26.3 Å². The smallest absolute Gasteiger partial charge is 0.413 e. The van der Waals surface area contributed by atoms with E-state index in [4.69, 9.17) is 14.2 Å². The Morgan fingerprint density at radius 3 is 2.17 bits per heavy atom. The Morgan fingerprint density at radius 1 is 0.951 bits per heavy atom. The van der Waals surface area contributed by atoms with Gasteiger partial charge in [-0.15, -0.1) is 0 Å². The molecule has 0 saturated carbocycles. The minimum absolute atomic E-state index is 0.0921. The number of ether oxygens (including phenoxy) is 3. The maximum Gasteiger partial charge on any atom is 0.413 e. The van der Waals surface area contributed by atoms with E-state index in [9.17, 15) is 18.7 Å². The molecule has 3 aromatic rings. The van der Waals surface area contributed by atoms with Gasteiger partial charge in [-0.2, -0.15) is 9.97 Å². The molecule has 0 aliphatic carbocycles. The van der Waals surface area contributed by atoms with E-state index in [1.165, 1.54) is 13.2 Å². The van der Waals surface area contributed by atoms with E-state index in [2.05, 4.69) is 9.97 Å². The molecule has 1 saturated heterocycles. The van der Waals surface area contributed by atoms with Gasteiger partial charge >= 0.3 is 6.09 Å². The third-order valence-corrected chi connectivity index (χ3v) is 6.42. The number of halogens is 2. The molecule has 2 aromatic carbocycles. The Balaban J connectivity index is 1.55. The van der Waals surface area contributed by atoms with E-state index in [-0.39, 0.29) is 55.4 Å². The highest BCUT2D eigenvalue weighted by atomic mass is 19.1. The molecule has 10 nitrogen and oxygen atoms in total. The van der Waals surface area contributed by atoms with Gasteiger partial charge in [0.1, 0.15) is 30.5 Å². The molecule has 1 aromatic heterocycles. The van der Waals surface area contributed by atoms with Gasteiger partial charge in [-0.1, -0.05) is 30.3 Å². The van der Waals surface area contributed by atoms with Gasteiger partial charge in [-0.05, 0) is 26.3 Å². The van der Waals surface area contributed by atoms with Crippen molar-refractivity contribution in [3.8, 4) is 11.6 Å². The molecule has 0 atom stereocenters. The lowest BCUT2D eigenvalue weighted by molar-refractivity contribution is 0.146. The van der Waals surface area contributed by atoms with Crippen LogP contribution in [0.5, 0.6) is 11.6 Å². The van der Waals surface area contributed by atoms with Gasteiger partial charge in [-0.25, -0.2) is 13.6 Å². The fraction of sp³-hybridized carbons (Fsp3) is 0.414. The first-order chi connectivity index (χ1) is 19.6. The molecule has 0 unspecified atom stereocenters. The summed E-state index contributed by atoms with van der Waals surface area (Å²) in [7, 11) is 1.51. The first kappa shape index (κ1) is 29.8. The number of carboxylic acid groups (broad SMARTS) is 1. The van der Waals surface area contributed by atoms with Crippen LogP contribution in [0.3, 0.4) is 0 Å². The number of carbonyl (C=O) groups is 1. The SMILES string of the molecule is COCCOc1cc(F)c(N2CCN(c3nc(OCc4ccccc4)cc(N(C(=O)O)C(C)(C)C)n3)CC2)c(F)c1. The van der Waals surface area contributed by atoms with Crippen molar-refractivity contribution in [3.63, 3.8) is 0 Å². The predicted octanol–water partition coefficient (Wildman–Crippen LogP) is 4.97. The first-order valence-electron chi connectivity index (χ1n) is 13.3. The second-order valence-electron chi connectivity index (χ2n) is 10.5. The Kier molecular flexibility index (Phi) is 9.43. The van der Waals surface area contributed by atoms with Gasteiger partial charge in [0, 0.05) is 57.0 Å². The summed E-state index contributed by atoms with van der Waals surface area (Å²) in [5, 5.41) is 9.97. The van der Waals surface area contributed by atoms with E-state index in [0.717, 1.165) is 22.6 Å². The fourth-order valence-electron chi connectivity index (χ4n) is 4.49. The number of rotatable bonds is 10. The number of methoxy groups -OCH3 is 1. The third-order valence-electron chi connectivity index (χ3n) is 6.42. The molecule has 1 aliphatic rings. The number of anilines is 3. The van der Waals surface area contributed by atoms with Crippen molar-refractivity contribution < 1.29 is 32.9 Å². The Morgan fingerprint density at radius 2 is 1.59 bits per heavy atom. The number of nitrogens with zero attached hydrogens (tertiary/aromatic N) is 5. The summed E-state index contributed by atoms with van der Waals surface area (Å²) < 4.78 is 46.0. The average Bonchev–Trinajstić information content (AvgIpc) is 2.91. The van der Waals surface area contributed by atoms with E-state index in [0.29, 0.717) is 19.7 Å². The van der Waals surface area contributed by atoms with Crippen molar-refractivity contribution in [2.45, 2.75) is 32.9 Å². The number of piperazine rings is 1. The standard InChI is InChI=1S/C29H35F2N5O5/c1-29(2,3)36(28(37)38)24-18-25(41-19-20-8-6-5-7-9-20)33-27(32-24)35-12-10-34(11-13-35)26-22(30)16-21(17-23(26)31)40-15-14-39-4/h5-9,16-18H,10-15,19H2,1-4H3,(H,37,38). The highest BCUT2D eigenvalue weighted by molar-refractivity contribution is 5.86. The van der Waals surface area contributed by atoms with Crippen molar-refractivity contribution in [3.05, 3.63) is 65.7 Å². The summed E-state index contributed by atoms with van der Waals surface area (Å²) >= 11 is 0. The van der Waals surface area contributed by atoms with Crippen LogP contribution in [-0.2, 0) is 11.3 Å². The van der Waals surface area contributed by atoms with Gasteiger partial charge in [0.05, 0.1) is 6.61 Å². The largest absolute Gasteiger partial charge is 0.491 e. The van der Waals surface area contributed by atoms with Gasteiger partial charge in [0.2, 0.25) is 11.8 Å². The number of hydrogen-bond acceptors (Lipinski definition) is 8. The average molecular weight is 572 g/mol. The molecular weight excluding hydrogens is 536 g/mol. The maximum absolute atomic E-state index is 14.9. The van der Waals surface area contributed by atoms with Gasteiger partial charge in [-0.3, -0.25) is 4.90 Å².